The smallest absolute Gasteiger partial charge is 0.251 e. The van der Waals surface area contributed by atoms with Crippen molar-refractivity contribution >= 4 is 22.5 Å². The number of nitrogens with zero attached hydrogens (tertiary/aromatic N) is 1. The highest BCUT2D eigenvalue weighted by Gasteiger charge is 2.43. The molecule has 1 amide bonds. The fourth-order valence-electron chi connectivity index (χ4n) is 5.54. The number of aromatic nitrogens is 1. The van der Waals surface area contributed by atoms with Crippen LogP contribution < -0.4 is 11.1 Å². The minimum atomic E-state index is -0.256. The number of hydrogen-bond acceptors (Lipinski definition) is 4. The molecule has 7 rings (SSSR count). The third-order valence-electron chi connectivity index (χ3n) is 7.38. The Labute approximate surface area is 224 Å². The maximum atomic E-state index is 13.4. The van der Waals surface area contributed by atoms with Gasteiger partial charge in [-0.1, -0.05) is 48.5 Å². The van der Waals surface area contributed by atoms with Crippen molar-refractivity contribution in [2.75, 3.05) is 12.9 Å². The molecule has 2 atom stereocenters. The van der Waals surface area contributed by atoms with Crippen molar-refractivity contribution in [1.29, 1.82) is 0 Å². The third-order valence-corrected chi connectivity index (χ3v) is 7.38. The van der Waals surface area contributed by atoms with Crippen LogP contribution in [-0.2, 0) is 11.3 Å². The molecule has 3 N–H and O–H groups in total. The predicted octanol–water partition coefficient (Wildman–Crippen LogP) is 6.66. The second-order valence-corrected chi connectivity index (χ2v) is 9.48. The number of halogens is 2. The molecule has 0 aliphatic carbocycles. The van der Waals surface area contributed by atoms with Gasteiger partial charge in [-0.25, -0.2) is 9.37 Å². The number of hydrogen-bond donors (Lipinski definition) is 2. The topological polar surface area (TPSA) is 77.2 Å². The first-order chi connectivity index (χ1) is 19.1. The highest BCUT2D eigenvalue weighted by Crippen LogP contribution is 2.54. The molecule has 0 spiro atoms. The number of alkyl halides is 1. The molecule has 2 aliphatic rings. The zero-order chi connectivity index (χ0) is 27.1. The van der Waals surface area contributed by atoms with Crippen molar-refractivity contribution in [3.63, 3.8) is 0 Å². The van der Waals surface area contributed by atoms with Gasteiger partial charge in [0.2, 0.25) is 0 Å². The van der Waals surface area contributed by atoms with E-state index in [0.717, 1.165) is 49.7 Å². The lowest BCUT2D eigenvalue weighted by molar-refractivity contribution is 0.0857. The Morgan fingerprint density at radius 2 is 1.54 bits per heavy atom. The van der Waals surface area contributed by atoms with Crippen molar-refractivity contribution in [3.05, 3.63) is 130 Å². The molecule has 0 saturated carbocycles. The summed E-state index contributed by atoms with van der Waals surface area (Å²) in [4.78, 5) is 17.3. The van der Waals surface area contributed by atoms with Crippen LogP contribution >= 0.6 is 0 Å². The van der Waals surface area contributed by atoms with E-state index in [2.05, 4.69) is 28.5 Å². The zero-order valence-corrected chi connectivity index (χ0v) is 21.1. The molecule has 2 aliphatic heterocycles. The van der Waals surface area contributed by atoms with E-state index >= 15 is 0 Å². The second-order valence-electron chi connectivity index (χ2n) is 9.48. The quantitative estimate of drug-likeness (QED) is 0.277. The Bertz CT molecular complexity index is 1720. The van der Waals surface area contributed by atoms with E-state index in [-0.39, 0.29) is 23.9 Å². The van der Waals surface area contributed by atoms with Crippen LogP contribution in [-0.4, -0.2) is 18.1 Å². The van der Waals surface area contributed by atoms with Crippen molar-refractivity contribution in [1.82, 2.24) is 10.3 Å². The normalized spacial score (nSPS) is 16.3. The molecule has 0 radical (unpaired) electrons. The first-order valence-corrected chi connectivity index (χ1v) is 12.5. The van der Waals surface area contributed by atoms with E-state index in [0.29, 0.717) is 25.1 Å². The largest absolute Gasteiger partial charge is 0.383 e. The molecule has 2 bridgehead atoms. The Morgan fingerprint density at radius 3 is 2.33 bits per heavy atom. The molecule has 3 heterocycles. The number of nitrogens with one attached hydrogen (secondary N) is 1. The second kappa shape index (κ2) is 9.93. The Morgan fingerprint density at radius 1 is 0.846 bits per heavy atom. The predicted molar refractivity (Wildman–Crippen MR) is 147 cm³/mol. The molecule has 39 heavy (non-hydrogen) atoms. The third kappa shape index (κ3) is 4.21. The number of benzene rings is 4. The van der Waals surface area contributed by atoms with E-state index < -0.39 is 0 Å². The Kier molecular flexibility index (Phi) is 6.29. The Balaban J connectivity index is 0.00000135. The van der Waals surface area contributed by atoms with Gasteiger partial charge in [0.05, 0.1) is 7.18 Å². The van der Waals surface area contributed by atoms with Gasteiger partial charge in [0, 0.05) is 23.7 Å². The fourth-order valence-corrected chi connectivity index (χ4v) is 5.54. The van der Waals surface area contributed by atoms with Gasteiger partial charge in [-0.05, 0) is 80.7 Å². The SMILES string of the molecule is CF.Nc1nccc2c(CNC(=O)c3ccc4c(c3)C3OC4c4ccc(-c5ccc(F)cc5)cc43)cccc12. The molecule has 7 heteroatoms. The summed E-state index contributed by atoms with van der Waals surface area (Å²) in [6.07, 6.45) is 1.32. The number of carbonyl (C=O) groups excluding carboxylic acids is 1. The molecule has 194 valence electrons. The summed E-state index contributed by atoms with van der Waals surface area (Å²) in [6, 6.07) is 26.3. The lowest BCUT2D eigenvalue weighted by Gasteiger charge is -2.18. The number of carbonyl (C=O) groups is 1. The van der Waals surface area contributed by atoms with E-state index in [1.165, 1.54) is 12.1 Å². The molecule has 5 aromatic rings. The van der Waals surface area contributed by atoms with E-state index in [4.69, 9.17) is 10.5 Å². The number of nitrogen functional groups attached to an aromatic ring is 1. The van der Waals surface area contributed by atoms with Crippen molar-refractivity contribution in [3.8, 4) is 11.1 Å². The van der Waals surface area contributed by atoms with Gasteiger partial charge < -0.3 is 15.8 Å². The summed E-state index contributed by atoms with van der Waals surface area (Å²) in [5.41, 5.74) is 13.9. The first kappa shape index (κ1) is 24.7. The van der Waals surface area contributed by atoms with E-state index in [1.807, 2.05) is 42.5 Å². The molecule has 0 saturated heterocycles. The summed E-state index contributed by atoms with van der Waals surface area (Å²) in [7, 11) is 0.500. The van der Waals surface area contributed by atoms with Crippen molar-refractivity contribution < 1.29 is 18.3 Å². The van der Waals surface area contributed by atoms with Crippen LogP contribution in [0.5, 0.6) is 0 Å². The van der Waals surface area contributed by atoms with Crippen LogP contribution in [0, 0.1) is 5.82 Å². The average molecular weight is 522 g/mol. The van der Waals surface area contributed by atoms with Crippen molar-refractivity contribution in [2.45, 2.75) is 18.8 Å². The van der Waals surface area contributed by atoms with Crippen LogP contribution in [0.2, 0.25) is 0 Å². The zero-order valence-electron chi connectivity index (χ0n) is 21.1. The van der Waals surface area contributed by atoms with E-state index in [9.17, 15) is 13.6 Å². The molecule has 0 fully saturated rings. The van der Waals surface area contributed by atoms with Gasteiger partial charge in [0.15, 0.2) is 0 Å². The highest BCUT2D eigenvalue weighted by atomic mass is 19.1. The fraction of sp³-hybridized carbons (Fsp3) is 0.125. The number of rotatable bonds is 4. The number of amides is 1. The first-order valence-electron chi connectivity index (χ1n) is 12.5. The minimum Gasteiger partial charge on any atom is -0.383 e. The number of nitrogens with two attached hydrogens (primary N) is 1. The van der Waals surface area contributed by atoms with E-state index in [1.54, 1.807) is 18.3 Å². The van der Waals surface area contributed by atoms with Crippen LogP contribution in [0.4, 0.5) is 14.6 Å². The molecule has 1 aromatic heterocycles. The molecular weight excluding hydrogens is 496 g/mol. The van der Waals surface area contributed by atoms with Crippen LogP contribution in [0.25, 0.3) is 21.9 Å². The van der Waals surface area contributed by atoms with Gasteiger partial charge in [0.25, 0.3) is 5.91 Å². The molecule has 2 unspecified atom stereocenters. The maximum Gasteiger partial charge on any atom is 0.251 e. The van der Waals surface area contributed by atoms with Crippen LogP contribution in [0.3, 0.4) is 0 Å². The molecule has 4 aromatic carbocycles. The summed E-state index contributed by atoms with van der Waals surface area (Å²) >= 11 is 0. The standard InChI is InChI=1S/C31H22FN3O2.CH3F/c32-21-8-4-17(5-9-21)18-6-10-23-26(14-18)29-27-15-19(7-11-24(27)28(23)37-29)31(36)35-16-20-2-1-3-25-22(20)12-13-34-30(25)33;1-2/h1-15,28-29H,16H2,(H2,33,34)(H,35,36);1H3. The monoisotopic (exact) mass is 521 g/mol. The summed E-state index contributed by atoms with van der Waals surface area (Å²) < 4.78 is 29.2. The molecule has 5 nitrogen and oxygen atoms in total. The molecular formula is C32H25F2N3O2. The van der Waals surface area contributed by atoms with Gasteiger partial charge >= 0.3 is 0 Å². The minimum absolute atomic E-state index is 0.135. The van der Waals surface area contributed by atoms with Gasteiger partial charge in [-0.3, -0.25) is 9.18 Å². The van der Waals surface area contributed by atoms with Crippen molar-refractivity contribution in [2.24, 2.45) is 0 Å². The lowest BCUT2D eigenvalue weighted by atomic mass is 9.84. The van der Waals surface area contributed by atoms with Crippen LogP contribution in [0.15, 0.2) is 91.1 Å². The highest BCUT2D eigenvalue weighted by molar-refractivity contribution is 5.96. The number of ether oxygens (including phenoxy) is 1. The van der Waals surface area contributed by atoms with Crippen LogP contribution in [0.1, 0.15) is 50.4 Å². The lowest BCUT2D eigenvalue weighted by Crippen LogP contribution is -2.23. The summed E-state index contributed by atoms with van der Waals surface area (Å²) in [5, 5.41) is 4.89. The number of anilines is 1. The summed E-state index contributed by atoms with van der Waals surface area (Å²) in [6.45, 7) is 0.378. The van der Waals surface area contributed by atoms with Gasteiger partial charge in [-0.15, -0.1) is 0 Å². The maximum absolute atomic E-state index is 13.4. The average Bonchev–Trinajstić information content (AvgIpc) is 3.55. The Hall–Kier alpha value is -4.62. The summed E-state index contributed by atoms with van der Waals surface area (Å²) in [5.74, 6) is 0.0701. The number of fused-ring (bicyclic) bond motifs is 9. The number of pyridine rings is 1. The van der Waals surface area contributed by atoms with Gasteiger partial charge in [-0.2, -0.15) is 0 Å². The van der Waals surface area contributed by atoms with Gasteiger partial charge in [0.1, 0.15) is 23.8 Å².